The standard InChI is InChI=1S/C10H6BrF3O3/c1-5(16)6-2-7(4-15)9(11)8(3-6)17-10(12,13)14/h2-4H,1H3. The summed E-state index contributed by atoms with van der Waals surface area (Å²) in [6.45, 7) is 1.18. The summed E-state index contributed by atoms with van der Waals surface area (Å²) >= 11 is 2.81. The monoisotopic (exact) mass is 310 g/mol. The molecule has 92 valence electrons. The van der Waals surface area contributed by atoms with Crippen LogP contribution in [0.3, 0.4) is 0 Å². The molecule has 0 saturated heterocycles. The van der Waals surface area contributed by atoms with Crippen molar-refractivity contribution >= 4 is 28.0 Å². The third-order valence-corrected chi connectivity index (χ3v) is 2.68. The van der Waals surface area contributed by atoms with Crippen LogP contribution in [-0.4, -0.2) is 18.4 Å². The molecule has 0 spiro atoms. The first-order valence-electron chi connectivity index (χ1n) is 4.30. The summed E-state index contributed by atoms with van der Waals surface area (Å²) in [5, 5.41) is 0. The molecule has 0 amide bonds. The number of hydrogen-bond acceptors (Lipinski definition) is 3. The number of hydrogen-bond donors (Lipinski definition) is 0. The Hall–Kier alpha value is -1.37. The molecule has 0 heterocycles. The van der Waals surface area contributed by atoms with E-state index >= 15 is 0 Å². The average molecular weight is 311 g/mol. The molecule has 1 aromatic rings. The zero-order chi connectivity index (χ0) is 13.2. The van der Waals surface area contributed by atoms with Crippen LogP contribution in [0.15, 0.2) is 16.6 Å². The highest BCUT2D eigenvalue weighted by atomic mass is 79.9. The average Bonchev–Trinajstić information content (AvgIpc) is 2.18. The molecule has 0 aliphatic rings. The summed E-state index contributed by atoms with van der Waals surface area (Å²) < 4.78 is 39.8. The van der Waals surface area contributed by atoms with E-state index in [-0.39, 0.29) is 15.6 Å². The minimum atomic E-state index is -4.89. The molecule has 0 bridgehead atoms. The number of alkyl halides is 3. The molecule has 0 radical (unpaired) electrons. The number of rotatable bonds is 3. The van der Waals surface area contributed by atoms with E-state index in [1.54, 1.807) is 0 Å². The van der Waals surface area contributed by atoms with Gasteiger partial charge in [0.2, 0.25) is 0 Å². The highest BCUT2D eigenvalue weighted by Gasteiger charge is 2.32. The van der Waals surface area contributed by atoms with E-state index < -0.39 is 17.9 Å². The second-order valence-electron chi connectivity index (χ2n) is 3.10. The van der Waals surface area contributed by atoms with E-state index in [9.17, 15) is 22.8 Å². The molecule has 17 heavy (non-hydrogen) atoms. The van der Waals surface area contributed by atoms with Crippen LogP contribution in [0.4, 0.5) is 13.2 Å². The van der Waals surface area contributed by atoms with E-state index in [1.165, 1.54) is 13.0 Å². The van der Waals surface area contributed by atoms with Crippen LogP contribution in [0.2, 0.25) is 0 Å². The van der Waals surface area contributed by atoms with E-state index in [0.717, 1.165) is 6.07 Å². The van der Waals surface area contributed by atoms with Crippen molar-refractivity contribution in [1.82, 2.24) is 0 Å². The highest BCUT2D eigenvalue weighted by molar-refractivity contribution is 9.10. The Morgan fingerprint density at radius 3 is 2.41 bits per heavy atom. The van der Waals surface area contributed by atoms with Crippen molar-refractivity contribution in [1.29, 1.82) is 0 Å². The van der Waals surface area contributed by atoms with Gasteiger partial charge in [0.1, 0.15) is 5.75 Å². The molecule has 0 aliphatic carbocycles. The van der Waals surface area contributed by atoms with Crippen LogP contribution >= 0.6 is 15.9 Å². The van der Waals surface area contributed by atoms with Crippen LogP contribution in [0, 0.1) is 0 Å². The van der Waals surface area contributed by atoms with Gasteiger partial charge in [-0.25, -0.2) is 0 Å². The SMILES string of the molecule is CC(=O)c1cc(C=O)c(Br)c(OC(F)(F)F)c1. The summed E-state index contributed by atoms with van der Waals surface area (Å²) in [6, 6.07) is 2.11. The maximum atomic E-state index is 12.1. The van der Waals surface area contributed by atoms with Crippen LogP contribution in [-0.2, 0) is 0 Å². The Morgan fingerprint density at radius 2 is 2.00 bits per heavy atom. The van der Waals surface area contributed by atoms with Gasteiger partial charge in [-0.1, -0.05) is 0 Å². The first-order chi connectivity index (χ1) is 7.74. The zero-order valence-corrected chi connectivity index (χ0v) is 10.1. The van der Waals surface area contributed by atoms with E-state index in [1.807, 2.05) is 0 Å². The quantitative estimate of drug-likeness (QED) is 0.635. The molecule has 3 nitrogen and oxygen atoms in total. The number of Topliss-reactive ketones (excluding diaryl/α,β-unsaturated/α-hetero) is 1. The molecule has 1 aromatic carbocycles. The topological polar surface area (TPSA) is 43.4 Å². The fourth-order valence-electron chi connectivity index (χ4n) is 1.11. The van der Waals surface area contributed by atoms with Gasteiger partial charge >= 0.3 is 6.36 Å². The van der Waals surface area contributed by atoms with E-state index in [0.29, 0.717) is 6.29 Å². The number of carbonyl (C=O) groups is 2. The van der Waals surface area contributed by atoms with Gasteiger partial charge in [0.05, 0.1) is 4.47 Å². The lowest BCUT2D eigenvalue weighted by Gasteiger charge is -2.12. The third kappa shape index (κ3) is 3.55. The molecular weight excluding hydrogens is 305 g/mol. The van der Waals surface area contributed by atoms with Crippen LogP contribution in [0.25, 0.3) is 0 Å². The summed E-state index contributed by atoms with van der Waals surface area (Å²) in [6.07, 6.45) is -4.56. The molecule has 0 atom stereocenters. The fourth-order valence-corrected chi connectivity index (χ4v) is 1.51. The van der Waals surface area contributed by atoms with Crippen molar-refractivity contribution in [3.8, 4) is 5.75 Å². The number of ketones is 1. The van der Waals surface area contributed by atoms with Crippen LogP contribution < -0.4 is 4.74 Å². The smallest absolute Gasteiger partial charge is 0.405 e. The Morgan fingerprint density at radius 1 is 1.41 bits per heavy atom. The van der Waals surface area contributed by atoms with E-state index in [2.05, 4.69) is 20.7 Å². The lowest BCUT2D eigenvalue weighted by molar-refractivity contribution is -0.274. The first kappa shape index (κ1) is 13.7. The minimum Gasteiger partial charge on any atom is -0.405 e. The summed E-state index contributed by atoms with van der Waals surface area (Å²) in [5.41, 5.74) is -0.119. The van der Waals surface area contributed by atoms with Crippen molar-refractivity contribution in [2.75, 3.05) is 0 Å². The predicted molar refractivity (Wildman–Crippen MR) is 56.2 cm³/mol. The Labute approximate surface area is 103 Å². The second-order valence-corrected chi connectivity index (χ2v) is 3.89. The van der Waals surface area contributed by atoms with Crippen molar-refractivity contribution < 1.29 is 27.5 Å². The molecule has 0 fully saturated rings. The largest absolute Gasteiger partial charge is 0.573 e. The number of benzene rings is 1. The van der Waals surface area contributed by atoms with Gasteiger partial charge < -0.3 is 4.74 Å². The molecule has 0 unspecified atom stereocenters. The summed E-state index contributed by atoms with van der Waals surface area (Å²) in [5.74, 6) is -1.08. The van der Waals surface area contributed by atoms with Gasteiger partial charge in [-0.15, -0.1) is 13.2 Å². The van der Waals surface area contributed by atoms with Gasteiger partial charge in [-0.05, 0) is 35.0 Å². The number of ether oxygens (including phenoxy) is 1. The maximum absolute atomic E-state index is 12.1. The maximum Gasteiger partial charge on any atom is 0.573 e. The van der Waals surface area contributed by atoms with Gasteiger partial charge in [-0.2, -0.15) is 0 Å². The van der Waals surface area contributed by atoms with E-state index in [4.69, 9.17) is 0 Å². The second kappa shape index (κ2) is 4.87. The number of carbonyl (C=O) groups excluding carboxylic acids is 2. The van der Waals surface area contributed by atoms with Gasteiger partial charge in [0, 0.05) is 11.1 Å². The molecule has 0 aliphatic heterocycles. The Balaban J connectivity index is 3.32. The molecule has 0 aromatic heterocycles. The predicted octanol–water partition coefficient (Wildman–Crippen LogP) is 3.36. The highest BCUT2D eigenvalue weighted by Crippen LogP contribution is 2.33. The van der Waals surface area contributed by atoms with Gasteiger partial charge in [0.25, 0.3) is 0 Å². The van der Waals surface area contributed by atoms with Crippen LogP contribution in [0.5, 0.6) is 5.75 Å². The number of halogens is 4. The van der Waals surface area contributed by atoms with Crippen molar-refractivity contribution in [3.05, 3.63) is 27.7 Å². The molecule has 7 heteroatoms. The fraction of sp³-hybridized carbons (Fsp3) is 0.200. The third-order valence-electron chi connectivity index (χ3n) is 1.83. The van der Waals surface area contributed by atoms with Gasteiger partial charge in [-0.3, -0.25) is 9.59 Å². The lowest BCUT2D eigenvalue weighted by Crippen LogP contribution is -2.18. The zero-order valence-electron chi connectivity index (χ0n) is 8.47. The Bertz CT molecular complexity index is 469. The summed E-state index contributed by atoms with van der Waals surface area (Å²) in [4.78, 5) is 21.7. The first-order valence-corrected chi connectivity index (χ1v) is 5.09. The van der Waals surface area contributed by atoms with Crippen molar-refractivity contribution in [2.45, 2.75) is 13.3 Å². The molecule has 0 N–H and O–H groups in total. The van der Waals surface area contributed by atoms with Crippen molar-refractivity contribution in [3.63, 3.8) is 0 Å². The lowest BCUT2D eigenvalue weighted by atomic mass is 10.1. The van der Waals surface area contributed by atoms with Gasteiger partial charge in [0.15, 0.2) is 12.1 Å². The molecule has 1 rings (SSSR count). The number of aldehydes is 1. The molecule has 0 saturated carbocycles. The van der Waals surface area contributed by atoms with Crippen molar-refractivity contribution in [2.24, 2.45) is 0 Å². The van der Waals surface area contributed by atoms with Crippen LogP contribution in [0.1, 0.15) is 27.6 Å². The minimum absolute atomic E-state index is 0.0328. The Kier molecular flexibility index (Phi) is 3.92. The molecular formula is C10H6BrF3O3. The normalized spacial score (nSPS) is 11.1. The summed E-state index contributed by atoms with van der Waals surface area (Å²) in [7, 11) is 0.